The molecule has 9 heteroatoms. The van der Waals surface area contributed by atoms with E-state index in [0.29, 0.717) is 10.7 Å². The Labute approximate surface area is 131 Å². The van der Waals surface area contributed by atoms with Gasteiger partial charge in [-0.2, -0.15) is 0 Å². The Morgan fingerprint density at radius 3 is 2.55 bits per heavy atom. The number of hydrogen-bond donors (Lipinski definition) is 6. The Balaban J connectivity index is 2.00. The lowest BCUT2D eigenvalue weighted by Crippen LogP contribution is -2.64. The summed E-state index contributed by atoms with van der Waals surface area (Å²) in [6.07, 6.45) is -5.65. The molecule has 22 heavy (non-hydrogen) atoms. The highest BCUT2D eigenvalue weighted by Gasteiger charge is 2.44. The highest BCUT2D eigenvalue weighted by atomic mass is 35.5. The number of aliphatic hydroxyl groups is 4. The van der Waals surface area contributed by atoms with Crippen molar-refractivity contribution in [2.45, 2.75) is 30.6 Å². The lowest BCUT2D eigenvalue weighted by molar-refractivity contribution is -0.252. The Morgan fingerprint density at radius 1 is 1.23 bits per heavy atom. The van der Waals surface area contributed by atoms with Crippen molar-refractivity contribution in [2.24, 2.45) is 0 Å². The number of urea groups is 1. The molecule has 0 bridgehead atoms. The number of anilines is 1. The number of carbonyl (C=O) groups is 1. The van der Waals surface area contributed by atoms with Crippen molar-refractivity contribution >= 4 is 23.3 Å². The van der Waals surface area contributed by atoms with Crippen molar-refractivity contribution in [1.82, 2.24) is 5.32 Å². The summed E-state index contributed by atoms with van der Waals surface area (Å²) in [7, 11) is 0. The van der Waals surface area contributed by atoms with Crippen LogP contribution in [0.15, 0.2) is 24.3 Å². The highest BCUT2D eigenvalue weighted by Crippen LogP contribution is 2.22. The second-order valence-corrected chi connectivity index (χ2v) is 5.24. The van der Waals surface area contributed by atoms with E-state index in [0.717, 1.165) is 0 Å². The van der Waals surface area contributed by atoms with Gasteiger partial charge in [-0.3, -0.25) is 0 Å². The predicted molar refractivity (Wildman–Crippen MR) is 77.4 cm³/mol. The third kappa shape index (κ3) is 3.67. The van der Waals surface area contributed by atoms with E-state index >= 15 is 0 Å². The van der Waals surface area contributed by atoms with E-state index in [1.165, 1.54) is 0 Å². The van der Waals surface area contributed by atoms with E-state index in [9.17, 15) is 20.1 Å². The number of aliphatic hydroxyl groups excluding tert-OH is 4. The van der Waals surface area contributed by atoms with Gasteiger partial charge in [0.25, 0.3) is 0 Å². The van der Waals surface area contributed by atoms with Gasteiger partial charge in [0.2, 0.25) is 0 Å². The van der Waals surface area contributed by atoms with Crippen LogP contribution in [0.1, 0.15) is 0 Å². The number of rotatable bonds is 3. The fourth-order valence-corrected chi connectivity index (χ4v) is 2.31. The highest BCUT2D eigenvalue weighted by molar-refractivity contribution is 6.33. The standard InChI is InChI=1S/C13H17ClN2O6/c14-6-3-1-2-4-7(6)15-13(21)16-9-11(19)10(18)8(5-17)22-12(9)20/h1-4,8-12,17-20H,5H2,(H2,15,16,21)/t8-,9-,10-,11-,12?/m1/s1. The zero-order valence-electron chi connectivity index (χ0n) is 11.4. The molecule has 2 rings (SSSR count). The Morgan fingerprint density at radius 2 is 1.91 bits per heavy atom. The summed E-state index contributed by atoms with van der Waals surface area (Å²) in [6.45, 7) is -0.576. The van der Waals surface area contributed by atoms with Crippen LogP contribution < -0.4 is 10.6 Å². The first-order valence-electron chi connectivity index (χ1n) is 6.56. The van der Waals surface area contributed by atoms with Gasteiger partial charge in [-0.1, -0.05) is 23.7 Å². The molecule has 2 amide bonds. The van der Waals surface area contributed by atoms with E-state index in [-0.39, 0.29) is 0 Å². The van der Waals surface area contributed by atoms with Gasteiger partial charge in [0.15, 0.2) is 6.29 Å². The van der Waals surface area contributed by atoms with Gasteiger partial charge in [-0.05, 0) is 12.1 Å². The molecule has 0 radical (unpaired) electrons. The fourth-order valence-electron chi connectivity index (χ4n) is 2.13. The molecule has 8 nitrogen and oxygen atoms in total. The van der Waals surface area contributed by atoms with Gasteiger partial charge in [-0.25, -0.2) is 4.79 Å². The van der Waals surface area contributed by atoms with Crippen LogP contribution in [-0.2, 0) is 4.74 Å². The normalized spacial score (nSPS) is 31.6. The van der Waals surface area contributed by atoms with Crippen LogP contribution in [0.2, 0.25) is 5.02 Å². The third-order valence-electron chi connectivity index (χ3n) is 3.32. The smallest absolute Gasteiger partial charge is 0.319 e. The predicted octanol–water partition coefficient (Wildman–Crippen LogP) is -0.739. The molecule has 1 heterocycles. The fraction of sp³-hybridized carbons (Fsp3) is 0.462. The van der Waals surface area contributed by atoms with Gasteiger partial charge in [-0.15, -0.1) is 0 Å². The van der Waals surface area contributed by atoms with E-state index in [1.807, 2.05) is 0 Å². The van der Waals surface area contributed by atoms with Crippen molar-refractivity contribution < 1.29 is 30.0 Å². The number of nitrogens with one attached hydrogen (secondary N) is 2. The quantitative estimate of drug-likeness (QED) is 0.432. The lowest BCUT2D eigenvalue weighted by Gasteiger charge is -2.40. The molecular formula is C13H17ClN2O6. The van der Waals surface area contributed by atoms with Crippen LogP contribution in [-0.4, -0.2) is 63.7 Å². The summed E-state index contributed by atoms with van der Waals surface area (Å²) >= 11 is 5.90. The Bertz CT molecular complexity index is 531. The Kier molecular flexibility index (Phi) is 5.57. The maximum absolute atomic E-state index is 11.9. The molecule has 122 valence electrons. The summed E-state index contributed by atoms with van der Waals surface area (Å²) in [5.74, 6) is 0. The molecule has 1 saturated heterocycles. The number of amides is 2. The van der Waals surface area contributed by atoms with Gasteiger partial charge in [0.05, 0.1) is 17.3 Å². The van der Waals surface area contributed by atoms with E-state index in [2.05, 4.69) is 10.6 Å². The summed E-state index contributed by atoms with van der Waals surface area (Å²) in [4.78, 5) is 11.9. The monoisotopic (exact) mass is 332 g/mol. The maximum Gasteiger partial charge on any atom is 0.319 e. The number of ether oxygens (including phenoxy) is 1. The Hall–Kier alpha value is -1.42. The molecule has 0 saturated carbocycles. The second-order valence-electron chi connectivity index (χ2n) is 4.83. The van der Waals surface area contributed by atoms with Crippen LogP contribution in [0, 0.1) is 0 Å². The van der Waals surface area contributed by atoms with Gasteiger partial charge in [0.1, 0.15) is 24.4 Å². The topological polar surface area (TPSA) is 131 Å². The van der Waals surface area contributed by atoms with Crippen molar-refractivity contribution in [3.63, 3.8) is 0 Å². The summed E-state index contributed by atoms with van der Waals surface area (Å²) in [5, 5.41) is 43.4. The third-order valence-corrected chi connectivity index (χ3v) is 3.65. The molecule has 5 atom stereocenters. The lowest BCUT2D eigenvalue weighted by atomic mass is 9.97. The first-order chi connectivity index (χ1) is 10.4. The van der Waals surface area contributed by atoms with Gasteiger partial charge < -0.3 is 35.8 Å². The molecule has 0 aliphatic carbocycles. The van der Waals surface area contributed by atoms with Gasteiger partial charge >= 0.3 is 6.03 Å². The van der Waals surface area contributed by atoms with Crippen LogP contribution in [0.25, 0.3) is 0 Å². The number of halogens is 1. The van der Waals surface area contributed by atoms with E-state index in [1.54, 1.807) is 24.3 Å². The minimum absolute atomic E-state index is 0.319. The van der Waals surface area contributed by atoms with Crippen LogP contribution in [0.5, 0.6) is 0 Å². The SMILES string of the molecule is O=C(Nc1ccccc1Cl)N[C@H]1C(O)O[C@H](CO)[C@@H](O)[C@@H]1O. The van der Waals surface area contributed by atoms with Crippen molar-refractivity contribution in [3.8, 4) is 0 Å². The molecule has 0 spiro atoms. The summed E-state index contributed by atoms with van der Waals surface area (Å²) < 4.78 is 4.93. The van der Waals surface area contributed by atoms with E-state index < -0.39 is 43.3 Å². The van der Waals surface area contributed by atoms with Crippen LogP contribution >= 0.6 is 11.6 Å². The van der Waals surface area contributed by atoms with Crippen LogP contribution in [0.4, 0.5) is 10.5 Å². The zero-order chi connectivity index (χ0) is 16.3. The largest absolute Gasteiger partial charge is 0.394 e. The summed E-state index contributed by atoms with van der Waals surface area (Å²) in [5.41, 5.74) is 0.344. The van der Waals surface area contributed by atoms with Crippen molar-refractivity contribution in [1.29, 1.82) is 0 Å². The van der Waals surface area contributed by atoms with E-state index in [4.69, 9.17) is 21.4 Å². The minimum atomic E-state index is -1.58. The van der Waals surface area contributed by atoms with Crippen molar-refractivity contribution in [2.75, 3.05) is 11.9 Å². The first kappa shape index (κ1) is 16.9. The molecule has 6 N–H and O–H groups in total. The van der Waals surface area contributed by atoms with Crippen molar-refractivity contribution in [3.05, 3.63) is 29.3 Å². The van der Waals surface area contributed by atoms with Crippen LogP contribution in [0.3, 0.4) is 0 Å². The molecule has 1 unspecified atom stereocenters. The minimum Gasteiger partial charge on any atom is -0.394 e. The maximum atomic E-state index is 11.9. The average molecular weight is 333 g/mol. The number of benzene rings is 1. The molecule has 1 aromatic carbocycles. The molecule has 1 fully saturated rings. The zero-order valence-corrected chi connectivity index (χ0v) is 12.1. The average Bonchev–Trinajstić information content (AvgIpc) is 2.49. The first-order valence-corrected chi connectivity index (χ1v) is 6.94. The molecule has 1 aliphatic heterocycles. The molecule has 1 aromatic rings. The molecular weight excluding hydrogens is 316 g/mol. The number of carbonyl (C=O) groups excluding carboxylic acids is 1. The number of para-hydroxylation sites is 1. The molecule has 1 aliphatic rings. The summed E-state index contributed by atoms with van der Waals surface area (Å²) in [6, 6.07) is 4.52. The molecule has 0 aromatic heterocycles. The van der Waals surface area contributed by atoms with Gasteiger partial charge in [0, 0.05) is 0 Å². The number of hydrogen-bond acceptors (Lipinski definition) is 6. The second kappa shape index (κ2) is 7.23.